The Hall–Kier alpha value is -2.75. The predicted octanol–water partition coefficient (Wildman–Crippen LogP) is 3.54. The van der Waals surface area contributed by atoms with Crippen LogP contribution in [-0.2, 0) is 11.3 Å². The number of benzene rings is 1. The molecular weight excluding hydrogens is 378 g/mol. The number of carbonyl (C=O) groups excluding carboxylic acids is 1. The number of nitriles is 1. The van der Waals surface area contributed by atoms with Crippen LogP contribution in [0.25, 0.3) is 0 Å². The van der Waals surface area contributed by atoms with Crippen molar-refractivity contribution in [1.82, 2.24) is 15.5 Å². The third-order valence-electron chi connectivity index (χ3n) is 5.50. The molecule has 0 aliphatic carbocycles. The lowest BCUT2D eigenvalue weighted by atomic mass is 9.98. The van der Waals surface area contributed by atoms with Crippen LogP contribution in [0.5, 0.6) is 0 Å². The third-order valence-corrected chi connectivity index (χ3v) is 5.50. The number of carbonyl (C=O) groups is 1. The van der Waals surface area contributed by atoms with Crippen LogP contribution in [0.3, 0.4) is 0 Å². The molecule has 1 aromatic rings. The molecule has 2 bridgehead atoms. The second-order valence-electron chi connectivity index (χ2n) is 9.09. The zero-order valence-corrected chi connectivity index (χ0v) is 18.4. The number of nitrogens with zero attached hydrogens (tertiary/aromatic N) is 3. The average molecular weight is 412 g/mol. The fraction of sp³-hybridized carbons (Fsp3) is 0.609. The summed E-state index contributed by atoms with van der Waals surface area (Å²) < 4.78 is 5.63. The molecule has 7 heteroatoms. The molecule has 1 aromatic carbocycles. The van der Waals surface area contributed by atoms with Gasteiger partial charge in [0, 0.05) is 24.7 Å². The first-order valence-corrected chi connectivity index (χ1v) is 10.8. The highest BCUT2D eigenvalue weighted by Crippen LogP contribution is 2.36. The van der Waals surface area contributed by atoms with Crippen molar-refractivity contribution in [2.75, 3.05) is 6.54 Å². The van der Waals surface area contributed by atoms with E-state index in [2.05, 4.69) is 16.7 Å². The summed E-state index contributed by atoms with van der Waals surface area (Å²) in [7, 11) is 0. The van der Waals surface area contributed by atoms with Gasteiger partial charge in [-0.3, -0.25) is 0 Å². The standard InChI is InChI=1S/C23H33N5O2/c1-5-25-21(26-15-17-8-6-7-16(11-17)14-24)27-18-12-19-9-10-20(13-18)28(19)22(29)30-23(2,3)4/h6-8,11,18-20H,5,9-10,12-13,15H2,1-4H3,(H2,25,26,27). The first-order chi connectivity index (χ1) is 14.3. The van der Waals surface area contributed by atoms with Crippen LogP contribution in [0.15, 0.2) is 29.3 Å². The van der Waals surface area contributed by atoms with E-state index in [0.717, 1.165) is 43.8 Å². The van der Waals surface area contributed by atoms with E-state index < -0.39 is 5.60 Å². The van der Waals surface area contributed by atoms with Crippen molar-refractivity contribution in [3.8, 4) is 6.07 Å². The third kappa shape index (κ3) is 5.65. The fourth-order valence-electron chi connectivity index (χ4n) is 4.33. The lowest BCUT2D eigenvalue weighted by molar-refractivity contribution is 0.00545. The zero-order chi connectivity index (χ0) is 21.7. The molecule has 7 nitrogen and oxygen atoms in total. The number of rotatable bonds is 4. The topological polar surface area (TPSA) is 89.8 Å². The minimum atomic E-state index is -0.473. The summed E-state index contributed by atoms with van der Waals surface area (Å²) in [5.41, 5.74) is 1.18. The van der Waals surface area contributed by atoms with Gasteiger partial charge in [0.1, 0.15) is 5.60 Å². The number of fused-ring (bicyclic) bond motifs is 2. The number of guanidine groups is 1. The van der Waals surface area contributed by atoms with Crippen LogP contribution in [0.4, 0.5) is 4.79 Å². The minimum absolute atomic E-state index is 0.189. The molecule has 2 aliphatic rings. The van der Waals surface area contributed by atoms with Gasteiger partial charge in [-0.25, -0.2) is 9.79 Å². The van der Waals surface area contributed by atoms with Crippen molar-refractivity contribution < 1.29 is 9.53 Å². The van der Waals surface area contributed by atoms with E-state index in [9.17, 15) is 4.79 Å². The van der Waals surface area contributed by atoms with Crippen molar-refractivity contribution >= 4 is 12.1 Å². The Morgan fingerprint density at radius 2 is 2.00 bits per heavy atom. The lowest BCUT2D eigenvalue weighted by Crippen LogP contribution is -2.55. The molecule has 0 spiro atoms. The summed E-state index contributed by atoms with van der Waals surface area (Å²) in [5, 5.41) is 15.9. The molecule has 2 atom stereocenters. The first-order valence-electron chi connectivity index (χ1n) is 10.8. The smallest absolute Gasteiger partial charge is 0.410 e. The van der Waals surface area contributed by atoms with Crippen molar-refractivity contribution in [2.24, 2.45) is 4.99 Å². The van der Waals surface area contributed by atoms with E-state index in [1.807, 2.05) is 50.8 Å². The second kappa shape index (κ2) is 9.38. The van der Waals surface area contributed by atoms with Crippen molar-refractivity contribution in [3.63, 3.8) is 0 Å². The summed E-state index contributed by atoms with van der Waals surface area (Å²) in [6.07, 6.45) is 3.65. The van der Waals surface area contributed by atoms with Gasteiger partial charge < -0.3 is 20.3 Å². The number of piperidine rings is 1. The number of nitrogens with one attached hydrogen (secondary N) is 2. The Labute approximate surface area is 179 Å². The first kappa shape index (κ1) is 21.9. The lowest BCUT2D eigenvalue weighted by Gasteiger charge is -2.40. The summed E-state index contributed by atoms with van der Waals surface area (Å²) >= 11 is 0. The zero-order valence-electron chi connectivity index (χ0n) is 18.4. The van der Waals surface area contributed by atoms with Crippen LogP contribution in [0.1, 0.15) is 64.5 Å². The Bertz CT molecular complexity index is 810. The van der Waals surface area contributed by atoms with Crippen LogP contribution in [0.2, 0.25) is 0 Å². The number of aliphatic imine (C=N–C) groups is 1. The SMILES string of the molecule is CCNC(=NCc1cccc(C#N)c1)NC1CC2CCC(C1)N2C(=O)OC(C)(C)C. The van der Waals surface area contributed by atoms with Crippen LogP contribution in [-0.4, -0.2) is 47.2 Å². The highest BCUT2D eigenvalue weighted by Gasteiger charge is 2.45. The maximum absolute atomic E-state index is 12.6. The largest absolute Gasteiger partial charge is 0.444 e. The van der Waals surface area contributed by atoms with Crippen molar-refractivity contribution in [3.05, 3.63) is 35.4 Å². The molecule has 1 amide bonds. The summed E-state index contributed by atoms with van der Waals surface area (Å²) in [4.78, 5) is 19.3. The molecule has 2 heterocycles. The van der Waals surface area contributed by atoms with Crippen LogP contribution in [0, 0.1) is 11.3 Å². The van der Waals surface area contributed by atoms with Gasteiger partial charge in [-0.2, -0.15) is 5.26 Å². The summed E-state index contributed by atoms with van der Waals surface area (Å²) in [6, 6.07) is 10.4. The van der Waals surface area contributed by atoms with E-state index in [1.165, 1.54) is 0 Å². The quantitative estimate of drug-likeness (QED) is 0.584. The van der Waals surface area contributed by atoms with E-state index in [-0.39, 0.29) is 24.2 Å². The number of hydrogen-bond acceptors (Lipinski definition) is 4. The van der Waals surface area contributed by atoms with Crippen molar-refractivity contribution in [1.29, 1.82) is 5.26 Å². The molecule has 0 saturated carbocycles. The Morgan fingerprint density at radius 3 is 2.60 bits per heavy atom. The molecule has 2 fully saturated rings. The Kier molecular flexibility index (Phi) is 6.86. The van der Waals surface area contributed by atoms with Gasteiger partial charge in [0.15, 0.2) is 5.96 Å². The van der Waals surface area contributed by atoms with Gasteiger partial charge in [-0.1, -0.05) is 12.1 Å². The van der Waals surface area contributed by atoms with Gasteiger partial charge in [0.25, 0.3) is 0 Å². The minimum Gasteiger partial charge on any atom is -0.444 e. The molecule has 2 saturated heterocycles. The Morgan fingerprint density at radius 1 is 1.30 bits per heavy atom. The van der Waals surface area contributed by atoms with Gasteiger partial charge in [-0.15, -0.1) is 0 Å². The monoisotopic (exact) mass is 411 g/mol. The number of amides is 1. The highest BCUT2D eigenvalue weighted by molar-refractivity contribution is 5.80. The molecule has 0 radical (unpaired) electrons. The van der Waals surface area contributed by atoms with Gasteiger partial charge in [-0.05, 0) is 71.1 Å². The van der Waals surface area contributed by atoms with E-state index >= 15 is 0 Å². The van der Waals surface area contributed by atoms with Gasteiger partial charge in [0.05, 0.1) is 18.2 Å². The number of hydrogen-bond donors (Lipinski definition) is 2. The van der Waals surface area contributed by atoms with Gasteiger partial charge >= 0.3 is 6.09 Å². The summed E-state index contributed by atoms with van der Waals surface area (Å²) in [5.74, 6) is 0.773. The average Bonchev–Trinajstić information content (AvgIpc) is 2.96. The predicted molar refractivity (Wildman–Crippen MR) is 117 cm³/mol. The van der Waals surface area contributed by atoms with Gasteiger partial charge in [0.2, 0.25) is 0 Å². The van der Waals surface area contributed by atoms with E-state index in [4.69, 9.17) is 15.0 Å². The van der Waals surface area contributed by atoms with Crippen LogP contribution < -0.4 is 10.6 Å². The molecule has 3 rings (SSSR count). The van der Waals surface area contributed by atoms with Crippen LogP contribution >= 0.6 is 0 Å². The molecule has 2 N–H and O–H groups in total. The molecule has 0 aromatic heterocycles. The molecule has 2 aliphatic heterocycles. The van der Waals surface area contributed by atoms with E-state index in [0.29, 0.717) is 12.1 Å². The maximum Gasteiger partial charge on any atom is 0.410 e. The normalized spacial score (nSPS) is 23.6. The Balaban J connectivity index is 1.62. The molecule has 162 valence electrons. The molecular formula is C23H33N5O2. The molecule has 30 heavy (non-hydrogen) atoms. The second-order valence-corrected chi connectivity index (χ2v) is 9.09. The maximum atomic E-state index is 12.6. The van der Waals surface area contributed by atoms with E-state index in [1.54, 1.807) is 6.07 Å². The molecule has 2 unspecified atom stereocenters. The van der Waals surface area contributed by atoms with Crippen molar-refractivity contribution in [2.45, 2.75) is 83.6 Å². The highest BCUT2D eigenvalue weighted by atomic mass is 16.6. The number of ether oxygens (including phenoxy) is 1. The fourth-order valence-corrected chi connectivity index (χ4v) is 4.33. The summed E-state index contributed by atoms with van der Waals surface area (Å²) in [6.45, 7) is 9.05.